The number of carbonyl (C=O) groups excluding carboxylic acids is 1. The zero-order valence-electron chi connectivity index (χ0n) is 11.9. The molecule has 1 fully saturated rings. The average molecular weight is 312 g/mol. The molecule has 7 nitrogen and oxygen atoms in total. The predicted octanol–water partition coefficient (Wildman–Crippen LogP) is -1.03. The summed E-state index contributed by atoms with van der Waals surface area (Å²) in [5, 5.41) is 5.57. The molecule has 1 aromatic heterocycles. The number of sulfonamides is 1. The monoisotopic (exact) mass is 312 g/mol. The van der Waals surface area contributed by atoms with Gasteiger partial charge < -0.3 is 10.6 Å². The second-order valence-electron chi connectivity index (χ2n) is 4.87. The van der Waals surface area contributed by atoms with Crippen molar-refractivity contribution in [1.82, 2.24) is 19.9 Å². The van der Waals surface area contributed by atoms with Gasteiger partial charge in [-0.2, -0.15) is 4.31 Å². The van der Waals surface area contributed by atoms with E-state index in [1.165, 1.54) is 11.4 Å². The van der Waals surface area contributed by atoms with Gasteiger partial charge in [-0.15, -0.1) is 0 Å². The van der Waals surface area contributed by atoms with Gasteiger partial charge in [0.15, 0.2) is 0 Å². The van der Waals surface area contributed by atoms with E-state index in [9.17, 15) is 13.2 Å². The van der Waals surface area contributed by atoms with Crippen molar-refractivity contribution in [3.63, 3.8) is 0 Å². The summed E-state index contributed by atoms with van der Waals surface area (Å²) in [5.41, 5.74) is 0.917. The summed E-state index contributed by atoms with van der Waals surface area (Å²) < 4.78 is 26.3. The van der Waals surface area contributed by atoms with Gasteiger partial charge in [-0.05, 0) is 24.1 Å². The molecule has 0 aliphatic carbocycles. The first kappa shape index (κ1) is 15.9. The minimum absolute atomic E-state index is 0.00942. The van der Waals surface area contributed by atoms with Crippen molar-refractivity contribution >= 4 is 15.9 Å². The first-order valence-electron chi connectivity index (χ1n) is 6.85. The SMILES string of the molecule is CNC(=O)C1CNCCN1S(=O)(=O)CCc1ccncc1. The van der Waals surface area contributed by atoms with Gasteiger partial charge in [0.05, 0.1) is 5.75 Å². The van der Waals surface area contributed by atoms with E-state index in [1.54, 1.807) is 24.5 Å². The molecule has 2 rings (SSSR count). The number of amides is 1. The lowest BCUT2D eigenvalue weighted by Gasteiger charge is -2.33. The smallest absolute Gasteiger partial charge is 0.239 e. The fraction of sp³-hybridized carbons (Fsp3) is 0.538. The molecular formula is C13H20N4O3S. The number of hydrogen-bond donors (Lipinski definition) is 2. The fourth-order valence-corrected chi connectivity index (χ4v) is 3.98. The third-order valence-electron chi connectivity index (χ3n) is 3.50. The predicted molar refractivity (Wildman–Crippen MR) is 79.2 cm³/mol. The molecule has 8 heteroatoms. The van der Waals surface area contributed by atoms with Gasteiger partial charge in [0.25, 0.3) is 0 Å². The highest BCUT2D eigenvalue weighted by Gasteiger charge is 2.35. The molecule has 0 saturated carbocycles. The first-order valence-corrected chi connectivity index (χ1v) is 8.46. The second-order valence-corrected chi connectivity index (χ2v) is 6.91. The molecule has 21 heavy (non-hydrogen) atoms. The summed E-state index contributed by atoms with van der Waals surface area (Å²) in [6, 6.07) is 2.92. The Balaban J connectivity index is 2.07. The number of pyridine rings is 1. The number of nitrogens with zero attached hydrogens (tertiary/aromatic N) is 2. The highest BCUT2D eigenvalue weighted by atomic mass is 32.2. The average Bonchev–Trinajstić information content (AvgIpc) is 2.53. The lowest BCUT2D eigenvalue weighted by molar-refractivity contribution is -0.124. The van der Waals surface area contributed by atoms with Crippen molar-refractivity contribution in [2.24, 2.45) is 0 Å². The van der Waals surface area contributed by atoms with E-state index in [2.05, 4.69) is 15.6 Å². The Hall–Kier alpha value is -1.51. The van der Waals surface area contributed by atoms with E-state index >= 15 is 0 Å². The number of carbonyl (C=O) groups is 1. The van der Waals surface area contributed by atoms with Gasteiger partial charge in [-0.3, -0.25) is 9.78 Å². The number of hydrogen-bond acceptors (Lipinski definition) is 5. The number of aryl methyl sites for hydroxylation is 1. The molecule has 1 unspecified atom stereocenters. The summed E-state index contributed by atoms with van der Waals surface area (Å²) in [4.78, 5) is 15.7. The van der Waals surface area contributed by atoms with E-state index in [0.717, 1.165) is 5.56 Å². The Labute approximate surface area is 124 Å². The highest BCUT2D eigenvalue weighted by molar-refractivity contribution is 7.89. The Morgan fingerprint density at radius 1 is 1.48 bits per heavy atom. The van der Waals surface area contributed by atoms with Crippen molar-refractivity contribution in [2.45, 2.75) is 12.5 Å². The Morgan fingerprint density at radius 3 is 2.86 bits per heavy atom. The highest BCUT2D eigenvalue weighted by Crippen LogP contribution is 2.12. The number of rotatable bonds is 5. The largest absolute Gasteiger partial charge is 0.358 e. The summed E-state index contributed by atoms with van der Waals surface area (Å²) in [6.07, 6.45) is 3.69. The van der Waals surface area contributed by atoms with Crippen LogP contribution in [0.5, 0.6) is 0 Å². The second kappa shape index (κ2) is 6.97. The van der Waals surface area contributed by atoms with Crippen molar-refractivity contribution in [3.8, 4) is 0 Å². The van der Waals surface area contributed by atoms with Crippen LogP contribution in [0.4, 0.5) is 0 Å². The fourth-order valence-electron chi connectivity index (χ4n) is 2.32. The van der Waals surface area contributed by atoms with E-state index in [4.69, 9.17) is 0 Å². The van der Waals surface area contributed by atoms with E-state index < -0.39 is 16.1 Å². The van der Waals surface area contributed by atoms with Crippen molar-refractivity contribution in [1.29, 1.82) is 0 Å². The molecule has 116 valence electrons. The molecule has 1 aliphatic rings. The molecule has 0 bridgehead atoms. The molecule has 0 radical (unpaired) electrons. The summed E-state index contributed by atoms with van der Waals surface area (Å²) in [6.45, 7) is 1.22. The lowest BCUT2D eigenvalue weighted by Crippen LogP contribution is -2.59. The molecule has 1 atom stereocenters. The van der Waals surface area contributed by atoms with Gasteiger partial charge in [0.2, 0.25) is 15.9 Å². The Kier molecular flexibility index (Phi) is 5.27. The van der Waals surface area contributed by atoms with Crippen LogP contribution in [0.2, 0.25) is 0 Å². The van der Waals surface area contributed by atoms with Crippen LogP contribution < -0.4 is 10.6 Å². The normalized spacial score (nSPS) is 20.1. The van der Waals surface area contributed by atoms with Crippen molar-refractivity contribution in [2.75, 3.05) is 32.4 Å². The third-order valence-corrected chi connectivity index (χ3v) is 5.37. The van der Waals surface area contributed by atoms with Crippen molar-refractivity contribution < 1.29 is 13.2 Å². The zero-order chi connectivity index (χ0) is 15.3. The minimum atomic E-state index is -3.47. The van der Waals surface area contributed by atoms with Crippen LogP contribution >= 0.6 is 0 Å². The zero-order valence-corrected chi connectivity index (χ0v) is 12.8. The minimum Gasteiger partial charge on any atom is -0.358 e. The van der Waals surface area contributed by atoms with Crippen LogP contribution in [-0.2, 0) is 21.2 Å². The molecule has 0 spiro atoms. The van der Waals surface area contributed by atoms with Crippen LogP contribution in [0.1, 0.15) is 5.56 Å². The molecule has 2 heterocycles. The van der Waals surface area contributed by atoms with Gasteiger partial charge >= 0.3 is 0 Å². The maximum Gasteiger partial charge on any atom is 0.239 e. The number of likely N-dealkylation sites (N-methyl/N-ethyl adjacent to an activating group) is 1. The number of aromatic nitrogens is 1. The molecule has 1 aliphatic heterocycles. The molecule has 1 saturated heterocycles. The summed E-state index contributed by atoms with van der Waals surface area (Å²) >= 11 is 0. The van der Waals surface area contributed by atoms with Gasteiger partial charge in [-0.1, -0.05) is 0 Å². The third kappa shape index (κ3) is 3.99. The Morgan fingerprint density at radius 2 is 2.19 bits per heavy atom. The van der Waals surface area contributed by atoms with Crippen LogP contribution in [-0.4, -0.2) is 62.1 Å². The quantitative estimate of drug-likeness (QED) is 0.726. The van der Waals surface area contributed by atoms with E-state index in [-0.39, 0.29) is 11.7 Å². The standard InChI is InChI=1S/C13H20N4O3S/c1-14-13(18)12-10-16-7-8-17(12)21(19,20)9-4-11-2-5-15-6-3-11/h2-3,5-6,12,16H,4,7-10H2,1H3,(H,14,18). The van der Waals surface area contributed by atoms with Gasteiger partial charge in [0.1, 0.15) is 6.04 Å². The van der Waals surface area contributed by atoms with Crippen LogP contribution in [0.25, 0.3) is 0 Å². The molecule has 2 N–H and O–H groups in total. The molecule has 1 aromatic rings. The molecule has 1 amide bonds. The van der Waals surface area contributed by atoms with E-state index in [0.29, 0.717) is 26.1 Å². The van der Waals surface area contributed by atoms with Crippen LogP contribution in [0, 0.1) is 0 Å². The van der Waals surface area contributed by atoms with Crippen LogP contribution in [0.3, 0.4) is 0 Å². The number of piperazine rings is 1. The van der Waals surface area contributed by atoms with Gasteiger partial charge in [0, 0.05) is 39.1 Å². The molecule has 0 aromatic carbocycles. The lowest BCUT2D eigenvalue weighted by atomic mass is 10.2. The topological polar surface area (TPSA) is 91.4 Å². The van der Waals surface area contributed by atoms with Crippen molar-refractivity contribution in [3.05, 3.63) is 30.1 Å². The summed E-state index contributed by atoms with van der Waals surface area (Å²) in [5.74, 6) is -0.292. The first-order chi connectivity index (χ1) is 10.0. The van der Waals surface area contributed by atoms with E-state index in [1.807, 2.05) is 0 Å². The molecular weight excluding hydrogens is 292 g/mol. The summed E-state index contributed by atoms with van der Waals surface area (Å²) in [7, 11) is -1.96. The number of nitrogens with one attached hydrogen (secondary N) is 2. The van der Waals surface area contributed by atoms with Gasteiger partial charge in [-0.25, -0.2) is 8.42 Å². The maximum atomic E-state index is 12.5. The Bertz CT molecular complexity index is 576. The van der Waals surface area contributed by atoms with Crippen LogP contribution in [0.15, 0.2) is 24.5 Å². The maximum absolute atomic E-state index is 12.5.